The van der Waals surface area contributed by atoms with Crippen molar-refractivity contribution in [3.05, 3.63) is 18.5 Å². The van der Waals surface area contributed by atoms with Crippen molar-refractivity contribution in [2.45, 2.75) is 42.1 Å². The van der Waals surface area contributed by atoms with E-state index < -0.39 is 0 Å². The molecule has 1 aromatic heterocycles. The lowest BCUT2D eigenvalue weighted by molar-refractivity contribution is 0.453. The van der Waals surface area contributed by atoms with Crippen LogP contribution in [0, 0.1) is 0 Å². The lowest BCUT2D eigenvalue weighted by Gasteiger charge is -2.27. The van der Waals surface area contributed by atoms with Gasteiger partial charge in [0.2, 0.25) is 0 Å². The Kier molecular flexibility index (Phi) is 3.37. The molecule has 1 heterocycles. The van der Waals surface area contributed by atoms with Crippen molar-refractivity contribution in [1.29, 1.82) is 0 Å². The second-order valence-corrected chi connectivity index (χ2v) is 4.84. The molecule has 0 aromatic carbocycles. The molecule has 0 saturated heterocycles. The minimum atomic E-state index is 0.317. The predicted molar refractivity (Wildman–Crippen MR) is 58.1 cm³/mol. The molecule has 4 heteroatoms. The van der Waals surface area contributed by atoms with Gasteiger partial charge in [0, 0.05) is 23.7 Å². The van der Waals surface area contributed by atoms with Crippen molar-refractivity contribution in [3.8, 4) is 0 Å². The summed E-state index contributed by atoms with van der Waals surface area (Å²) in [5, 5.41) is 1.36. The summed E-state index contributed by atoms with van der Waals surface area (Å²) < 4.78 is 0. The molecule has 1 aliphatic rings. The van der Waals surface area contributed by atoms with E-state index in [2.05, 4.69) is 9.97 Å². The first kappa shape index (κ1) is 9.93. The van der Waals surface area contributed by atoms with Gasteiger partial charge in [-0.05, 0) is 18.9 Å². The van der Waals surface area contributed by atoms with Gasteiger partial charge in [-0.15, -0.1) is 0 Å². The molecule has 1 fully saturated rings. The summed E-state index contributed by atoms with van der Waals surface area (Å²) in [6, 6.07) is 2.16. The van der Waals surface area contributed by atoms with Crippen molar-refractivity contribution in [1.82, 2.24) is 9.97 Å². The Bertz CT molecular complexity index is 278. The fourth-order valence-corrected chi connectivity index (χ4v) is 2.86. The molecule has 0 bridgehead atoms. The Labute approximate surface area is 88.5 Å². The number of rotatable bonds is 2. The van der Waals surface area contributed by atoms with E-state index in [1.54, 1.807) is 24.2 Å². The van der Waals surface area contributed by atoms with Crippen LogP contribution in [0.15, 0.2) is 23.6 Å². The summed E-state index contributed by atoms with van der Waals surface area (Å²) in [6.45, 7) is 0. The number of hydrogen-bond acceptors (Lipinski definition) is 4. The number of thioether (sulfide) groups is 1. The van der Waals surface area contributed by atoms with Crippen LogP contribution in [-0.4, -0.2) is 21.3 Å². The largest absolute Gasteiger partial charge is 0.327 e. The van der Waals surface area contributed by atoms with E-state index in [1.165, 1.54) is 19.3 Å². The molecule has 0 spiro atoms. The molecular formula is C10H15N3S. The van der Waals surface area contributed by atoms with Crippen molar-refractivity contribution >= 4 is 11.8 Å². The van der Waals surface area contributed by atoms with Gasteiger partial charge in [-0.25, -0.2) is 9.97 Å². The summed E-state index contributed by atoms with van der Waals surface area (Å²) in [5.74, 6) is 0. The van der Waals surface area contributed by atoms with Crippen LogP contribution >= 0.6 is 11.8 Å². The van der Waals surface area contributed by atoms with E-state index >= 15 is 0 Å². The average molecular weight is 209 g/mol. The minimum absolute atomic E-state index is 0.317. The first-order valence-corrected chi connectivity index (χ1v) is 5.93. The van der Waals surface area contributed by atoms with Crippen LogP contribution in [0.4, 0.5) is 0 Å². The van der Waals surface area contributed by atoms with Crippen LogP contribution in [0.25, 0.3) is 0 Å². The summed E-state index contributed by atoms with van der Waals surface area (Å²) in [7, 11) is 0. The first-order valence-electron chi connectivity index (χ1n) is 5.05. The predicted octanol–water partition coefficient (Wildman–Crippen LogP) is 1.84. The smallest absolute Gasteiger partial charge is 0.187 e. The van der Waals surface area contributed by atoms with Gasteiger partial charge in [0.15, 0.2) is 5.16 Å². The Morgan fingerprint density at radius 1 is 1.21 bits per heavy atom. The van der Waals surface area contributed by atoms with Crippen LogP contribution < -0.4 is 5.73 Å². The van der Waals surface area contributed by atoms with Crippen LogP contribution in [0.2, 0.25) is 0 Å². The monoisotopic (exact) mass is 209 g/mol. The molecule has 0 aliphatic heterocycles. The first-order chi connectivity index (χ1) is 6.86. The lowest BCUT2D eigenvalue weighted by atomic mass is 9.96. The third-order valence-electron chi connectivity index (χ3n) is 2.55. The normalized spacial score (nSPS) is 27.5. The second kappa shape index (κ2) is 4.75. The minimum Gasteiger partial charge on any atom is -0.327 e. The van der Waals surface area contributed by atoms with E-state index in [0.29, 0.717) is 11.3 Å². The van der Waals surface area contributed by atoms with Gasteiger partial charge in [-0.1, -0.05) is 24.6 Å². The molecule has 2 rings (SSSR count). The van der Waals surface area contributed by atoms with E-state index in [0.717, 1.165) is 11.6 Å². The Morgan fingerprint density at radius 2 is 1.93 bits per heavy atom. The standard InChI is InChI=1S/C10H15N3S/c11-8-4-1-2-5-9(8)14-10-12-6-3-7-13-10/h3,6-9H,1-2,4-5,11H2. The zero-order valence-electron chi connectivity index (χ0n) is 8.10. The summed E-state index contributed by atoms with van der Waals surface area (Å²) in [5.41, 5.74) is 6.05. The van der Waals surface area contributed by atoms with Crippen molar-refractivity contribution in [3.63, 3.8) is 0 Å². The van der Waals surface area contributed by atoms with Gasteiger partial charge in [-0.3, -0.25) is 0 Å². The Morgan fingerprint density at radius 3 is 2.64 bits per heavy atom. The molecule has 1 aliphatic carbocycles. The molecule has 3 nitrogen and oxygen atoms in total. The van der Waals surface area contributed by atoms with Crippen LogP contribution in [0.5, 0.6) is 0 Å². The Balaban J connectivity index is 1.96. The molecule has 2 atom stereocenters. The van der Waals surface area contributed by atoms with Crippen LogP contribution in [0.3, 0.4) is 0 Å². The molecule has 0 radical (unpaired) electrons. The van der Waals surface area contributed by atoms with Gasteiger partial charge < -0.3 is 5.73 Å². The van der Waals surface area contributed by atoms with Crippen molar-refractivity contribution in [2.75, 3.05) is 0 Å². The highest BCUT2D eigenvalue weighted by Crippen LogP contribution is 2.30. The van der Waals surface area contributed by atoms with Gasteiger partial charge in [0.25, 0.3) is 0 Å². The lowest BCUT2D eigenvalue weighted by Crippen LogP contribution is -2.35. The molecule has 1 aromatic rings. The number of nitrogens with zero attached hydrogens (tertiary/aromatic N) is 2. The van der Waals surface area contributed by atoms with E-state index in [4.69, 9.17) is 5.73 Å². The SMILES string of the molecule is NC1CCCCC1Sc1ncccn1. The van der Waals surface area contributed by atoms with Crippen LogP contribution in [-0.2, 0) is 0 Å². The zero-order chi connectivity index (χ0) is 9.80. The molecule has 1 saturated carbocycles. The fraction of sp³-hybridized carbons (Fsp3) is 0.600. The second-order valence-electron chi connectivity index (χ2n) is 3.64. The summed E-state index contributed by atoms with van der Waals surface area (Å²) in [4.78, 5) is 8.41. The topological polar surface area (TPSA) is 51.8 Å². The van der Waals surface area contributed by atoms with Crippen LogP contribution in [0.1, 0.15) is 25.7 Å². The maximum absolute atomic E-state index is 6.05. The molecule has 2 unspecified atom stereocenters. The van der Waals surface area contributed by atoms with Gasteiger partial charge in [0.1, 0.15) is 0 Å². The van der Waals surface area contributed by atoms with Gasteiger partial charge >= 0.3 is 0 Å². The molecule has 0 amide bonds. The Hall–Kier alpha value is -0.610. The maximum atomic E-state index is 6.05. The summed E-state index contributed by atoms with van der Waals surface area (Å²) in [6.07, 6.45) is 8.47. The van der Waals surface area contributed by atoms with Gasteiger partial charge in [0.05, 0.1) is 0 Å². The van der Waals surface area contributed by atoms with E-state index in [9.17, 15) is 0 Å². The molecule has 14 heavy (non-hydrogen) atoms. The zero-order valence-corrected chi connectivity index (χ0v) is 8.91. The van der Waals surface area contributed by atoms with Crippen molar-refractivity contribution in [2.24, 2.45) is 5.73 Å². The number of hydrogen-bond donors (Lipinski definition) is 1. The van der Waals surface area contributed by atoms with Gasteiger partial charge in [-0.2, -0.15) is 0 Å². The molecule has 76 valence electrons. The quantitative estimate of drug-likeness (QED) is 0.755. The fourth-order valence-electron chi connectivity index (χ4n) is 1.75. The van der Waals surface area contributed by atoms with E-state index in [1.807, 2.05) is 6.07 Å². The van der Waals surface area contributed by atoms with Crippen molar-refractivity contribution < 1.29 is 0 Å². The highest BCUT2D eigenvalue weighted by molar-refractivity contribution is 7.99. The maximum Gasteiger partial charge on any atom is 0.187 e. The highest BCUT2D eigenvalue weighted by atomic mass is 32.2. The third-order valence-corrected chi connectivity index (χ3v) is 3.86. The van der Waals surface area contributed by atoms with E-state index in [-0.39, 0.29) is 0 Å². The summed E-state index contributed by atoms with van der Waals surface area (Å²) >= 11 is 1.73. The highest BCUT2D eigenvalue weighted by Gasteiger charge is 2.23. The number of aromatic nitrogens is 2. The molecular weight excluding hydrogens is 194 g/mol. The molecule has 2 N–H and O–H groups in total. The number of nitrogens with two attached hydrogens (primary N) is 1. The average Bonchev–Trinajstić information content (AvgIpc) is 2.23. The third kappa shape index (κ3) is 2.45.